The molecule has 0 bridgehead atoms. The van der Waals surface area contributed by atoms with Gasteiger partial charge in [0, 0.05) is 0 Å². The number of ether oxygens (including phenoxy) is 4. The van der Waals surface area contributed by atoms with Gasteiger partial charge in [-0.1, -0.05) is 0 Å². The SMILES string of the molecule is CCOC(=O)O[C@H](C)[C@H](NC(=O)OC(C)(C)C)C(=O)OC(C)C. The third-order valence-corrected chi connectivity index (χ3v) is 2.29. The fraction of sp³-hybridized carbons (Fsp3) is 0.800. The fourth-order valence-electron chi connectivity index (χ4n) is 1.48. The minimum atomic E-state index is -1.21. The zero-order chi connectivity index (χ0) is 18.2. The van der Waals surface area contributed by atoms with Crippen LogP contribution in [0.1, 0.15) is 48.5 Å². The van der Waals surface area contributed by atoms with Crippen LogP contribution in [0.4, 0.5) is 9.59 Å². The summed E-state index contributed by atoms with van der Waals surface area (Å²) in [4.78, 5) is 35.4. The second-order valence-corrected chi connectivity index (χ2v) is 6.12. The van der Waals surface area contributed by atoms with E-state index in [0.29, 0.717) is 0 Å². The van der Waals surface area contributed by atoms with E-state index in [1.807, 2.05) is 0 Å². The van der Waals surface area contributed by atoms with Gasteiger partial charge >= 0.3 is 18.2 Å². The van der Waals surface area contributed by atoms with Crippen molar-refractivity contribution in [1.29, 1.82) is 0 Å². The maximum atomic E-state index is 12.1. The van der Waals surface area contributed by atoms with Crippen molar-refractivity contribution >= 4 is 18.2 Å². The Balaban J connectivity index is 4.97. The van der Waals surface area contributed by atoms with E-state index < -0.39 is 36.0 Å². The number of hydrogen-bond acceptors (Lipinski definition) is 7. The average molecular weight is 333 g/mol. The second-order valence-electron chi connectivity index (χ2n) is 6.12. The molecule has 0 unspecified atom stereocenters. The van der Waals surface area contributed by atoms with Crippen LogP contribution in [0.15, 0.2) is 0 Å². The maximum Gasteiger partial charge on any atom is 0.508 e. The minimum Gasteiger partial charge on any atom is -0.461 e. The van der Waals surface area contributed by atoms with Gasteiger partial charge in [-0.3, -0.25) is 0 Å². The van der Waals surface area contributed by atoms with Gasteiger partial charge in [-0.25, -0.2) is 14.4 Å². The van der Waals surface area contributed by atoms with Gasteiger partial charge < -0.3 is 24.3 Å². The van der Waals surface area contributed by atoms with E-state index in [1.165, 1.54) is 6.92 Å². The van der Waals surface area contributed by atoms with E-state index in [2.05, 4.69) is 10.1 Å². The summed E-state index contributed by atoms with van der Waals surface area (Å²) in [5.74, 6) is -0.734. The lowest BCUT2D eigenvalue weighted by Crippen LogP contribution is -2.51. The van der Waals surface area contributed by atoms with Crippen LogP contribution in [0, 0.1) is 0 Å². The highest BCUT2D eigenvalue weighted by Crippen LogP contribution is 2.10. The summed E-state index contributed by atoms with van der Waals surface area (Å²) in [5.41, 5.74) is -0.734. The summed E-state index contributed by atoms with van der Waals surface area (Å²) in [6, 6.07) is -1.21. The third-order valence-electron chi connectivity index (χ3n) is 2.29. The first-order chi connectivity index (χ1) is 10.5. The molecule has 0 spiro atoms. The quantitative estimate of drug-likeness (QED) is 0.588. The topological polar surface area (TPSA) is 100 Å². The summed E-state index contributed by atoms with van der Waals surface area (Å²) in [6.45, 7) is 11.6. The van der Waals surface area contributed by atoms with Crippen molar-refractivity contribution in [2.24, 2.45) is 0 Å². The summed E-state index contributed by atoms with van der Waals surface area (Å²) in [6.07, 6.45) is -3.14. The summed E-state index contributed by atoms with van der Waals surface area (Å²) < 4.78 is 19.8. The van der Waals surface area contributed by atoms with Crippen LogP contribution in [-0.4, -0.2) is 48.7 Å². The molecule has 0 aromatic carbocycles. The normalized spacial score (nSPS) is 13.7. The molecule has 0 aliphatic heterocycles. The van der Waals surface area contributed by atoms with E-state index in [4.69, 9.17) is 14.2 Å². The molecule has 0 fully saturated rings. The zero-order valence-electron chi connectivity index (χ0n) is 14.8. The number of carbonyl (C=O) groups is 3. The number of alkyl carbamates (subject to hydrolysis) is 1. The average Bonchev–Trinajstić information content (AvgIpc) is 2.32. The number of rotatable bonds is 6. The lowest BCUT2D eigenvalue weighted by molar-refractivity contribution is -0.153. The van der Waals surface area contributed by atoms with Gasteiger partial charge in [0.2, 0.25) is 0 Å². The molecular formula is C15H27NO7. The predicted octanol–water partition coefficient (Wildman–Crippen LogP) is 2.39. The Hall–Kier alpha value is -1.99. The van der Waals surface area contributed by atoms with E-state index >= 15 is 0 Å². The molecule has 0 aromatic rings. The van der Waals surface area contributed by atoms with E-state index in [0.717, 1.165) is 0 Å². The van der Waals surface area contributed by atoms with Gasteiger partial charge in [-0.05, 0) is 48.5 Å². The number of amides is 1. The molecule has 23 heavy (non-hydrogen) atoms. The van der Waals surface area contributed by atoms with Gasteiger partial charge in [0.15, 0.2) is 6.04 Å². The number of hydrogen-bond donors (Lipinski definition) is 1. The molecule has 8 heteroatoms. The van der Waals surface area contributed by atoms with Crippen LogP contribution in [0.3, 0.4) is 0 Å². The van der Waals surface area contributed by atoms with Crippen molar-refractivity contribution in [2.75, 3.05) is 6.61 Å². The molecule has 0 aliphatic rings. The number of carbonyl (C=O) groups excluding carboxylic acids is 3. The molecule has 2 atom stereocenters. The predicted molar refractivity (Wildman–Crippen MR) is 82.0 cm³/mol. The Morgan fingerprint density at radius 2 is 1.61 bits per heavy atom. The first-order valence-electron chi connectivity index (χ1n) is 7.49. The minimum absolute atomic E-state index is 0.131. The highest BCUT2D eigenvalue weighted by Gasteiger charge is 2.33. The first-order valence-corrected chi connectivity index (χ1v) is 7.49. The molecule has 0 saturated heterocycles. The van der Waals surface area contributed by atoms with Gasteiger partial charge in [-0.15, -0.1) is 0 Å². The Morgan fingerprint density at radius 1 is 1.04 bits per heavy atom. The van der Waals surface area contributed by atoms with Crippen LogP contribution >= 0.6 is 0 Å². The van der Waals surface area contributed by atoms with E-state index in [1.54, 1.807) is 41.5 Å². The van der Waals surface area contributed by atoms with Gasteiger partial charge in [0.05, 0.1) is 12.7 Å². The molecule has 1 amide bonds. The highest BCUT2D eigenvalue weighted by atomic mass is 16.7. The van der Waals surface area contributed by atoms with Crippen LogP contribution in [-0.2, 0) is 23.7 Å². The molecule has 8 nitrogen and oxygen atoms in total. The lowest BCUT2D eigenvalue weighted by Gasteiger charge is -2.26. The standard InChI is InChI=1S/C15H27NO7/c1-8-20-14(19)22-10(4)11(12(17)21-9(2)3)16-13(18)23-15(5,6)7/h9-11H,8H2,1-7H3,(H,16,18)/t10-,11+/m1/s1. The van der Waals surface area contributed by atoms with Gasteiger partial charge in [0.1, 0.15) is 11.7 Å². The molecule has 1 N–H and O–H groups in total. The molecule has 0 saturated carbocycles. The summed E-state index contributed by atoms with van der Waals surface area (Å²) >= 11 is 0. The van der Waals surface area contributed by atoms with E-state index in [-0.39, 0.29) is 12.7 Å². The zero-order valence-corrected chi connectivity index (χ0v) is 14.8. The van der Waals surface area contributed by atoms with Crippen molar-refractivity contribution in [2.45, 2.75) is 72.3 Å². The smallest absolute Gasteiger partial charge is 0.461 e. The Kier molecular flexibility index (Phi) is 8.42. The van der Waals surface area contributed by atoms with Crippen molar-refractivity contribution in [3.63, 3.8) is 0 Å². The first kappa shape index (κ1) is 21.0. The molecule has 0 radical (unpaired) electrons. The maximum absolute atomic E-state index is 12.1. The molecule has 0 rings (SSSR count). The number of esters is 1. The molecular weight excluding hydrogens is 306 g/mol. The van der Waals surface area contributed by atoms with Crippen molar-refractivity contribution in [3.05, 3.63) is 0 Å². The largest absolute Gasteiger partial charge is 0.508 e. The molecule has 0 aromatic heterocycles. The Labute approximate surface area is 136 Å². The van der Waals surface area contributed by atoms with Crippen molar-refractivity contribution in [1.82, 2.24) is 5.32 Å². The van der Waals surface area contributed by atoms with Gasteiger partial charge in [0.25, 0.3) is 0 Å². The summed E-state index contributed by atoms with van der Waals surface area (Å²) in [7, 11) is 0. The third kappa shape index (κ3) is 9.59. The van der Waals surface area contributed by atoms with Crippen LogP contribution in [0.2, 0.25) is 0 Å². The van der Waals surface area contributed by atoms with Crippen molar-refractivity contribution in [3.8, 4) is 0 Å². The van der Waals surface area contributed by atoms with Crippen LogP contribution in [0.25, 0.3) is 0 Å². The van der Waals surface area contributed by atoms with Gasteiger partial charge in [-0.2, -0.15) is 0 Å². The monoisotopic (exact) mass is 333 g/mol. The summed E-state index contributed by atoms with van der Waals surface area (Å²) in [5, 5.41) is 2.36. The van der Waals surface area contributed by atoms with Crippen LogP contribution in [0.5, 0.6) is 0 Å². The fourth-order valence-corrected chi connectivity index (χ4v) is 1.48. The second kappa shape index (κ2) is 9.22. The Bertz CT molecular complexity index is 415. The number of nitrogens with one attached hydrogen (secondary N) is 1. The molecule has 0 aliphatic carbocycles. The van der Waals surface area contributed by atoms with Crippen molar-refractivity contribution < 1.29 is 33.3 Å². The molecule has 0 heterocycles. The highest BCUT2D eigenvalue weighted by molar-refractivity contribution is 5.82. The Morgan fingerprint density at radius 3 is 2.04 bits per heavy atom. The van der Waals surface area contributed by atoms with E-state index in [9.17, 15) is 14.4 Å². The lowest BCUT2D eigenvalue weighted by atomic mass is 10.2. The molecule has 134 valence electrons. The van der Waals surface area contributed by atoms with Crippen LogP contribution < -0.4 is 5.32 Å².